The molecule has 1 atom stereocenters. The summed E-state index contributed by atoms with van der Waals surface area (Å²) in [5.74, 6) is -0.415. The number of rotatable bonds is 6. The molecular formula is C29H28N2O3S. The Morgan fingerprint density at radius 2 is 1.74 bits per heavy atom. The van der Waals surface area contributed by atoms with Crippen LogP contribution >= 0.6 is 0 Å². The van der Waals surface area contributed by atoms with Crippen molar-refractivity contribution in [2.75, 3.05) is 11.4 Å². The van der Waals surface area contributed by atoms with Gasteiger partial charge in [0.15, 0.2) is 0 Å². The van der Waals surface area contributed by atoms with Gasteiger partial charge in [0.05, 0.1) is 38.4 Å². The second kappa shape index (κ2) is 10.4. The third-order valence-electron chi connectivity index (χ3n) is 6.57. The summed E-state index contributed by atoms with van der Waals surface area (Å²) in [5.41, 5.74) is 3.75. The van der Waals surface area contributed by atoms with Crippen molar-refractivity contribution in [3.05, 3.63) is 101 Å². The van der Waals surface area contributed by atoms with Crippen molar-refractivity contribution < 1.29 is 13.8 Å². The molecule has 1 N–H and O–H groups in total. The van der Waals surface area contributed by atoms with E-state index in [1.165, 1.54) is 18.4 Å². The molecule has 35 heavy (non-hydrogen) atoms. The number of anilines is 1. The lowest BCUT2D eigenvalue weighted by molar-refractivity contribution is 0.0950. The molecule has 1 aliphatic heterocycles. The normalized spacial score (nSPS) is 17.1. The van der Waals surface area contributed by atoms with E-state index in [0.717, 1.165) is 24.8 Å². The second-order valence-electron chi connectivity index (χ2n) is 8.94. The summed E-state index contributed by atoms with van der Waals surface area (Å²) in [6.45, 7) is 0.892. The summed E-state index contributed by atoms with van der Waals surface area (Å²) in [4.78, 5) is 29.3. The van der Waals surface area contributed by atoms with Crippen molar-refractivity contribution in [2.45, 2.75) is 48.4 Å². The molecule has 1 heterocycles. The van der Waals surface area contributed by atoms with Gasteiger partial charge in [-0.1, -0.05) is 54.1 Å². The Morgan fingerprint density at radius 3 is 2.54 bits per heavy atom. The molecule has 5 nitrogen and oxygen atoms in total. The van der Waals surface area contributed by atoms with E-state index in [1.54, 1.807) is 47.4 Å². The molecule has 0 spiro atoms. The minimum atomic E-state index is -1.54. The molecule has 178 valence electrons. The molecular weight excluding hydrogens is 456 g/mol. The van der Waals surface area contributed by atoms with E-state index < -0.39 is 10.8 Å². The summed E-state index contributed by atoms with van der Waals surface area (Å²) in [6.07, 6.45) is 7.84. The maximum absolute atomic E-state index is 13.7. The van der Waals surface area contributed by atoms with Gasteiger partial charge >= 0.3 is 0 Å². The lowest BCUT2D eigenvalue weighted by Gasteiger charge is -2.23. The highest BCUT2D eigenvalue weighted by atomic mass is 32.2. The van der Waals surface area contributed by atoms with E-state index >= 15 is 0 Å². The maximum atomic E-state index is 13.7. The molecule has 3 aromatic rings. The Morgan fingerprint density at radius 1 is 0.943 bits per heavy atom. The third-order valence-corrected chi connectivity index (χ3v) is 8.07. The van der Waals surface area contributed by atoms with Gasteiger partial charge in [-0.15, -0.1) is 0 Å². The van der Waals surface area contributed by atoms with E-state index in [0.29, 0.717) is 39.7 Å². The van der Waals surface area contributed by atoms with Gasteiger partial charge < -0.3 is 10.2 Å². The zero-order valence-electron chi connectivity index (χ0n) is 19.5. The largest absolute Gasteiger partial charge is 0.352 e. The summed E-state index contributed by atoms with van der Waals surface area (Å²) < 4.78 is 13.5. The fourth-order valence-electron chi connectivity index (χ4n) is 4.70. The molecule has 5 rings (SSSR count). The van der Waals surface area contributed by atoms with Crippen LogP contribution in [0.4, 0.5) is 5.69 Å². The number of amides is 2. The Kier molecular flexibility index (Phi) is 6.91. The Labute approximate surface area is 208 Å². The van der Waals surface area contributed by atoms with Gasteiger partial charge in [-0.2, -0.15) is 0 Å². The average molecular weight is 485 g/mol. The molecule has 0 bridgehead atoms. The van der Waals surface area contributed by atoms with Crippen LogP contribution in [0.25, 0.3) is 0 Å². The van der Waals surface area contributed by atoms with Crippen LogP contribution in [0.5, 0.6) is 0 Å². The fraction of sp³-hybridized carbons (Fsp3) is 0.241. The number of carbonyl (C=O) groups excluding carboxylic acids is 2. The van der Waals surface area contributed by atoms with Gasteiger partial charge in [-0.3, -0.25) is 9.59 Å². The number of allylic oxidation sites excluding steroid dienone is 1. The summed E-state index contributed by atoms with van der Waals surface area (Å²) in [6, 6.07) is 21.8. The molecule has 0 aromatic heterocycles. The second-order valence-corrected chi connectivity index (χ2v) is 10.4. The number of carbonyl (C=O) groups is 2. The highest BCUT2D eigenvalue weighted by Gasteiger charge is 2.31. The summed E-state index contributed by atoms with van der Waals surface area (Å²) >= 11 is 0. The monoisotopic (exact) mass is 484 g/mol. The quantitative estimate of drug-likeness (QED) is 0.461. The number of nitrogens with zero attached hydrogens (tertiary/aromatic N) is 1. The molecule has 2 aliphatic rings. The van der Waals surface area contributed by atoms with Crippen molar-refractivity contribution >= 4 is 28.3 Å². The molecule has 0 saturated carbocycles. The third kappa shape index (κ3) is 4.98. The first-order valence-electron chi connectivity index (χ1n) is 12.1. The summed E-state index contributed by atoms with van der Waals surface area (Å²) in [5, 5.41) is 3.01. The average Bonchev–Trinajstić information content (AvgIpc) is 2.99. The molecule has 0 saturated heterocycles. The van der Waals surface area contributed by atoms with Crippen molar-refractivity contribution in [3.8, 4) is 0 Å². The maximum Gasteiger partial charge on any atom is 0.259 e. The number of benzene rings is 3. The molecule has 0 unspecified atom stereocenters. The molecule has 0 radical (unpaired) electrons. The van der Waals surface area contributed by atoms with Gasteiger partial charge in [0.2, 0.25) is 0 Å². The lowest BCUT2D eigenvalue weighted by Crippen LogP contribution is -2.31. The molecule has 6 heteroatoms. The van der Waals surface area contributed by atoms with E-state index in [1.807, 2.05) is 30.3 Å². The van der Waals surface area contributed by atoms with Crippen molar-refractivity contribution in [2.24, 2.45) is 0 Å². The standard InChI is InChI=1S/C29H28N2O3S/c32-28(30-18-17-21-9-3-1-4-10-21)23-15-16-27-25(19-23)31(20-22-11-5-2-6-12-22)29(33)24-13-7-8-14-26(24)35(27)34/h2,5-9,11-16,19H,1,3-4,10,17-18,20H2,(H,30,32)/t35-/m0/s1. The van der Waals surface area contributed by atoms with Gasteiger partial charge in [0.25, 0.3) is 11.8 Å². The smallest absolute Gasteiger partial charge is 0.259 e. The SMILES string of the molecule is O=C(NCCC1=CCCCC1)c1ccc2c(c1)N(Cc1ccccc1)C(=O)c1ccccc1[S@@]2=O. The van der Waals surface area contributed by atoms with Crippen LogP contribution in [0.1, 0.15) is 58.4 Å². The predicted molar refractivity (Wildman–Crippen MR) is 138 cm³/mol. The topological polar surface area (TPSA) is 66.5 Å². The van der Waals surface area contributed by atoms with Crippen LogP contribution in [0.15, 0.2) is 94.2 Å². The van der Waals surface area contributed by atoms with Gasteiger partial charge in [-0.25, -0.2) is 4.21 Å². The minimum absolute atomic E-state index is 0.191. The Hall–Kier alpha value is -3.51. The zero-order valence-corrected chi connectivity index (χ0v) is 20.4. The predicted octanol–water partition coefficient (Wildman–Crippen LogP) is 5.63. The van der Waals surface area contributed by atoms with Crippen molar-refractivity contribution in [1.82, 2.24) is 5.32 Å². The van der Waals surface area contributed by atoms with Gasteiger partial charge in [0, 0.05) is 12.1 Å². The van der Waals surface area contributed by atoms with Crippen LogP contribution in [0.2, 0.25) is 0 Å². The fourth-order valence-corrected chi connectivity index (χ4v) is 6.04. The Bertz CT molecular complexity index is 1320. The first kappa shape index (κ1) is 23.2. The number of hydrogen-bond donors (Lipinski definition) is 1. The number of fused-ring (bicyclic) bond motifs is 2. The first-order chi connectivity index (χ1) is 17.1. The Balaban J connectivity index is 1.46. The molecule has 1 aliphatic carbocycles. The number of hydrogen-bond acceptors (Lipinski definition) is 3. The van der Waals surface area contributed by atoms with Crippen LogP contribution < -0.4 is 10.2 Å². The van der Waals surface area contributed by atoms with E-state index in [2.05, 4.69) is 11.4 Å². The first-order valence-corrected chi connectivity index (χ1v) is 13.2. The highest BCUT2D eigenvalue weighted by Crippen LogP contribution is 2.36. The summed E-state index contributed by atoms with van der Waals surface area (Å²) in [7, 11) is -1.54. The molecule has 3 aromatic carbocycles. The highest BCUT2D eigenvalue weighted by molar-refractivity contribution is 7.85. The van der Waals surface area contributed by atoms with E-state index in [9.17, 15) is 13.8 Å². The van der Waals surface area contributed by atoms with Crippen LogP contribution in [-0.2, 0) is 17.3 Å². The van der Waals surface area contributed by atoms with Crippen LogP contribution in [-0.4, -0.2) is 22.6 Å². The zero-order chi connectivity index (χ0) is 24.2. The van der Waals surface area contributed by atoms with Gasteiger partial charge in [-0.05, 0) is 68.0 Å². The van der Waals surface area contributed by atoms with Crippen molar-refractivity contribution in [3.63, 3.8) is 0 Å². The minimum Gasteiger partial charge on any atom is -0.352 e. The van der Waals surface area contributed by atoms with E-state index in [-0.39, 0.29) is 11.8 Å². The van der Waals surface area contributed by atoms with Gasteiger partial charge in [0.1, 0.15) is 0 Å². The van der Waals surface area contributed by atoms with Crippen molar-refractivity contribution in [1.29, 1.82) is 0 Å². The molecule has 0 fully saturated rings. The van der Waals surface area contributed by atoms with E-state index in [4.69, 9.17) is 0 Å². The van der Waals surface area contributed by atoms with Crippen LogP contribution in [0, 0.1) is 0 Å². The number of nitrogens with one attached hydrogen (secondary N) is 1. The van der Waals surface area contributed by atoms with Crippen LogP contribution in [0.3, 0.4) is 0 Å². The lowest BCUT2D eigenvalue weighted by atomic mass is 9.97. The molecule has 2 amide bonds.